The molecule has 0 aromatic heterocycles. The molecule has 1 heterocycles. The summed E-state index contributed by atoms with van der Waals surface area (Å²) in [5.41, 5.74) is 5.57. The highest BCUT2D eigenvalue weighted by Crippen LogP contribution is 2.17. The van der Waals surface area contributed by atoms with Crippen LogP contribution in [0, 0.1) is 5.92 Å². The standard InChI is InChI=1S/C13H28N2O/c1-11(2)5-3-4-8-15-10-13-7-6-12(9-14)16-13/h11-13,15H,3-10,14H2,1-2H3. The Bertz CT molecular complexity index is 173. The first kappa shape index (κ1) is 13.9. The van der Waals surface area contributed by atoms with Crippen LogP contribution in [-0.4, -0.2) is 31.8 Å². The molecule has 0 saturated carbocycles. The van der Waals surface area contributed by atoms with E-state index < -0.39 is 0 Å². The molecule has 0 aromatic carbocycles. The van der Waals surface area contributed by atoms with E-state index in [4.69, 9.17) is 10.5 Å². The Balaban J connectivity index is 1.88. The van der Waals surface area contributed by atoms with Gasteiger partial charge in [-0.15, -0.1) is 0 Å². The van der Waals surface area contributed by atoms with Gasteiger partial charge in [0.15, 0.2) is 0 Å². The van der Waals surface area contributed by atoms with Gasteiger partial charge in [-0.25, -0.2) is 0 Å². The van der Waals surface area contributed by atoms with Gasteiger partial charge in [-0.3, -0.25) is 0 Å². The smallest absolute Gasteiger partial charge is 0.0704 e. The summed E-state index contributed by atoms with van der Waals surface area (Å²) in [4.78, 5) is 0. The second-order valence-electron chi connectivity index (χ2n) is 5.29. The lowest BCUT2D eigenvalue weighted by atomic mass is 10.1. The van der Waals surface area contributed by atoms with E-state index in [1.54, 1.807) is 0 Å². The molecule has 0 bridgehead atoms. The minimum atomic E-state index is 0.313. The maximum absolute atomic E-state index is 5.77. The summed E-state index contributed by atoms with van der Waals surface area (Å²) in [7, 11) is 0. The van der Waals surface area contributed by atoms with Crippen molar-refractivity contribution in [2.24, 2.45) is 11.7 Å². The Kier molecular flexibility index (Phi) is 7.01. The fourth-order valence-electron chi connectivity index (χ4n) is 2.17. The number of ether oxygens (including phenoxy) is 1. The van der Waals surface area contributed by atoms with E-state index in [-0.39, 0.29) is 0 Å². The van der Waals surface area contributed by atoms with Gasteiger partial charge in [0.2, 0.25) is 0 Å². The summed E-state index contributed by atoms with van der Waals surface area (Å²) < 4.78 is 5.77. The molecule has 96 valence electrons. The van der Waals surface area contributed by atoms with Gasteiger partial charge in [-0.2, -0.15) is 0 Å². The van der Waals surface area contributed by atoms with Crippen molar-refractivity contribution in [2.75, 3.05) is 19.6 Å². The van der Waals surface area contributed by atoms with E-state index in [1.807, 2.05) is 0 Å². The molecular formula is C13H28N2O. The summed E-state index contributed by atoms with van der Waals surface area (Å²) in [6, 6.07) is 0. The van der Waals surface area contributed by atoms with Crippen LogP contribution in [0.25, 0.3) is 0 Å². The van der Waals surface area contributed by atoms with E-state index in [0.29, 0.717) is 18.8 Å². The van der Waals surface area contributed by atoms with E-state index in [2.05, 4.69) is 19.2 Å². The van der Waals surface area contributed by atoms with Gasteiger partial charge in [0.25, 0.3) is 0 Å². The molecule has 1 aliphatic heterocycles. The van der Waals surface area contributed by atoms with Gasteiger partial charge < -0.3 is 15.8 Å². The number of hydrogen-bond acceptors (Lipinski definition) is 3. The highest BCUT2D eigenvalue weighted by Gasteiger charge is 2.23. The van der Waals surface area contributed by atoms with Crippen molar-refractivity contribution in [1.82, 2.24) is 5.32 Å². The van der Waals surface area contributed by atoms with Crippen LogP contribution in [0.3, 0.4) is 0 Å². The van der Waals surface area contributed by atoms with Gasteiger partial charge in [0.05, 0.1) is 12.2 Å². The van der Waals surface area contributed by atoms with Gasteiger partial charge in [-0.1, -0.05) is 26.7 Å². The maximum atomic E-state index is 5.77. The Labute approximate surface area is 100 Å². The lowest BCUT2D eigenvalue weighted by Crippen LogP contribution is -2.29. The van der Waals surface area contributed by atoms with Crippen molar-refractivity contribution >= 4 is 0 Å². The summed E-state index contributed by atoms with van der Waals surface area (Å²) in [6.45, 7) is 7.36. The number of hydrogen-bond donors (Lipinski definition) is 2. The number of rotatable bonds is 8. The molecule has 3 heteroatoms. The quantitative estimate of drug-likeness (QED) is 0.624. The van der Waals surface area contributed by atoms with Crippen molar-refractivity contribution in [3.05, 3.63) is 0 Å². The van der Waals surface area contributed by atoms with Gasteiger partial charge in [0, 0.05) is 13.1 Å². The normalized spacial score (nSPS) is 25.5. The minimum absolute atomic E-state index is 0.313. The third-order valence-corrected chi connectivity index (χ3v) is 3.22. The SMILES string of the molecule is CC(C)CCCCNCC1CCC(CN)O1. The number of nitrogens with one attached hydrogen (secondary N) is 1. The van der Waals surface area contributed by atoms with Crippen molar-refractivity contribution < 1.29 is 4.74 Å². The van der Waals surface area contributed by atoms with Crippen molar-refractivity contribution in [3.63, 3.8) is 0 Å². The largest absolute Gasteiger partial charge is 0.372 e. The van der Waals surface area contributed by atoms with Crippen LogP contribution in [0.5, 0.6) is 0 Å². The molecule has 0 amide bonds. The second kappa shape index (κ2) is 8.04. The van der Waals surface area contributed by atoms with Gasteiger partial charge in [0.1, 0.15) is 0 Å². The average molecular weight is 228 g/mol. The first-order valence-electron chi connectivity index (χ1n) is 6.78. The number of unbranched alkanes of at least 4 members (excludes halogenated alkanes) is 1. The number of nitrogens with two attached hydrogens (primary N) is 1. The summed E-state index contributed by atoms with van der Waals surface area (Å²) in [5, 5.41) is 3.48. The highest BCUT2D eigenvalue weighted by molar-refractivity contribution is 4.75. The molecule has 1 aliphatic rings. The summed E-state index contributed by atoms with van der Waals surface area (Å²) in [6.07, 6.45) is 6.98. The van der Waals surface area contributed by atoms with Crippen molar-refractivity contribution in [3.8, 4) is 0 Å². The zero-order valence-corrected chi connectivity index (χ0v) is 10.9. The molecule has 1 fully saturated rings. The molecule has 2 atom stereocenters. The fraction of sp³-hybridized carbons (Fsp3) is 1.00. The average Bonchev–Trinajstić information content (AvgIpc) is 2.70. The third-order valence-electron chi connectivity index (χ3n) is 3.22. The van der Waals surface area contributed by atoms with Crippen molar-refractivity contribution in [1.29, 1.82) is 0 Å². The van der Waals surface area contributed by atoms with Gasteiger partial charge in [-0.05, 0) is 31.7 Å². The van der Waals surface area contributed by atoms with Crippen molar-refractivity contribution in [2.45, 2.75) is 58.2 Å². The van der Waals surface area contributed by atoms with Crippen LogP contribution in [0.15, 0.2) is 0 Å². The lowest BCUT2D eigenvalue weighted by Gasteiger charge is -2.13. The van der Waals surface area contributed by atoms with Crippen LogP contribution < -0.4 is 11.1 Å². The second-order valence-corrected chi connectivity index (χ2v) is 5.29. The lowest BCUT2D eigenvalue weighted by molar-refractivity contribution is 0.0505. The predicted molar refractivity (Wildman–Crippen MR) is 68.5 cm³/mol. The molecule has 3 nitrogen and oxygen atoms in total. The molecule has 0 radical (unpaired) electrons. The van der Waals surface area contributed by atoms with E-state index in [0.717, 1.165) is 25.4 Å². The molecule has 0 aromatic rings. The van der Waals surface area contributed by atoms with Gasteiger partial charge >= 0.3 is 0 Å². The maximum Gasteiger partial charge on any atom is 0.0704 e. The highest BCUT2D eigenvalue weighted by atomic mass is 16.5. The minimum Gasteiger partial charge on any atom is -0.372 e. The van der Waals surface area contributed by atoms with Crippen LogP contribution in [0.2, 0.25) is 0 Å². The Hall–Kier alpha value is -0.120. The molecule has 0 spiro atoms. The predicted octanol–water partition coefficient (Wildman–Crippen LogP) is 1.91. The topological polar surface area (TPSA) is 47.3 Å². The first-order valence-corrected chi connectivity index (χ1v) is 6.78. The molecular weight excluding hydrogens is 200 g/mol. The van der Waals surface area contributed by atoms with E-state index in [9.17, 15) is 0 Å². The molecule has 1 rings (SSSR count). The van der Waals surface area contributed by atoms with Crippen LogP contribution >= 0.6 is 0 Å². The Morgan fingerprint density at radius 3 is 2.62 bits per heavy atom. The molecule has 0 aliphatic carbocycles. The van der Waals surface area contributed by atoms with Crippen LogP contribution in [0.4, 0.5) is 0 Å². The first-order chi connectivity index (χ1) is 7.72. The van der Waals surface area contributed by atoms with Crippen LogP contribution in [0.1, 0.15) is 46.0 Å². The third kappa shape index (κ3) is 5.83. The molecule has 2 unspecified atom stereocenters. The Morgan fingerprint density at radius 2 is 2.00 bits per heavy atom. The summed E-state index contributed by atoms with van der Waals surface area (Å²) >= 11 is 0. The Morgan fingerprint density at radius 1 is 1.25 bits per heavy atom. The van der Waals surface area contributed by atoms with E-state index in [1.165, 1.54) is 25.7 Å². The van der Waals surface area contributed by atoms with Crippen LogP contribution in [-0.2, 0) is 4.74 Å². The zero-order valence-electron chi connectivity index (χ0n) is 10.9. The van der Waals surface area contributed by atoms with E-state index >= 15 is 0 Å². The monoisotopic (exact) mass is 228 g/mol. The molecule has 16 heavy (non-hydrogen) atoms. The summed E-state index contributed by atoms with van der Waals surface area (Å²) in [5.74, 6) is 0.837. The fourth-order valence-corrected chi connectivity index (χ4v) is 2.17. The zero-order chi connectivity index (χ0) is 11.8. The molecule has 3 N–H and O–H groups in total. The molecule has 1 saturated heterocycles.